The molecule has 23 heavy (non-hydrogen) atoms. The first-order valence-corrected chi connectivity index (χ1v) is 7.13. The van der Waals surface area contributed by atoms with Gasteiger partial charge in [0.2, 0.25) is 5.91 Å². The van der Waals surface area contributed by atoms with E-state index in [0.29, 0.717) is 17.9 Å². The Bertz CT molecular complexity index is 681. The zero-order chi connectivity index (χ0) is 16.7. The number of carboxylic acids is 1. The molecule has 0 spiro atoms. The SMILES string of the molecule is Cc1cc(COCC(=O)Nc2cccc(CCC(=O)O)c2)on1. The highest BCUT2D eigenvalue weighted by Crippen LogP contribution is 2.12. The van der Waals surface area contributed by atoms with Crippen LogP contribution in [-0.4, -0.2) is 28.7 Å². The highest BCUT2D eigenvalue weighted by atomic mass is 16.5. The molecule has 0 radical (unpaired) electrons. The van der Waals surface area contributed by atoms with Gasteiger partial charge in [-0.05, 0) is 31.0 Å². The zero-order valence-corrected chi connectivity index (χ0v) is 12.7. The number of hydrogen-bond acceptors (Lipinski definition) is 5. The van der Waals surface area contributed by atoms with Crippen molar-refractivity contribution < 1.29 is 24.0 Å². The molecule has 0 bridgehead atoms. The Morgan fingerprint density at radius 3 is 2.87 bits per heavy atom. The van der Waals surface area contributed by atoms with Gasteiger partial charge in [0.1, 0.15) is 13.2 Å². The first-order valence-electron chi connectivity index (χ1n) is 7.13. The lowest BCUT2D eigenvalue weighted by Crippen LogP contribution is -2.18. The number of nitrogens with zero attached hydrogens (tertiary/aromatic N) is 1. The predicted molar refractivity (Wildman–Crippen MR) is 81.9 cm³/mol. The molecule has 0 unspecified atom stereocenters. The van der Waals surface area contributed by atoms with Gasteiger partial charge < -0.3 is 19.7 Å². The third kappa shape index (κ3) is 5.91. The fourth-order valence-corrected chi connectivity index (χ4v) is 1.98. The van der Waals surface area contributed by atoms with Crippen molar-refractivity contribution in [3.8, 4) is 0 Å². The average molecular weight is 318 g/mol. The molecule has 0 aliphatic heterocycles. The zero-order valence-electron chi connectivity index (χ0n) is 12.7. The number of carbonyl (C=O) groups is 2. The maximum atomic E-state index is 11.8. The summed E-state index contributed by atoms with van der Waals surface area (Å²) in [5.41, 5.74) is 2.21. The van der Waals surface area contributed by atoms with Crippen molar-refractivity contribution in [3.63, 3.8) is 0 Å². The lowest BCUT2D eigenvalue weighted by atomic mass is 10.1. The van der Waals surface area contributed by atoms with Gasteiger partial charge in [0, 0.05) is 18.2 Å². The molecule has 7 heteroatoms. The molecule has 0 saturated carbocycles. The normalized spacial score (nSPS) is 10.5. The summed E-state index contributed by atoms with van der Waals surface area (Å²) >= 11 is 0. The van der Waals surface area contributed by atoms with Crippen LogP contribution in [0.5, 0.6) is 0 Å². The van der Waals surface area contributed by atoms with E-state index in [-0.39, 0.29) is 25.5 Å². The summed E-state index contributed by atoms with van der Waals surface area (Å²) in [6, 6.07) is 8.82. The van der Waals surface area contributed by atoms with E-state index in [2.05, 4.69) is 10.5 Å². The van der Waals surface area contributed by atoms with E-state index in [1.165, 1.54) is 0 Å². The average Bonchev–Trinajstić information content (AvgIpc) is 2.91. The molecule has 1 aromatic carbocycles. The molecule has 2 aromatic rings. The molecular weight excluding hydrogens is 300 g/mol. The number of hydrogen-bond donors (Lipinski definition) is 2. The first kappa shape index (κ1) is 16.7. The first-order chi connectivity index (χ1) is 11.0. The van der Waals surface area contributed by atoms with Crippen LogP contribution in [0.1, 0.15) is 23.4 Å². The molecule has 0 saturated heterocycles. The summed E-state index contributed by atoms with van der Waals surface area (Å²) < 4.78 is 10.2. The fourth-order valence-electron chi connectivity index (χ4n) is 1.98. The summed E-state index contributed by atoms with van der Waals surface area (Å²) in [5, 5.41) is 15.1. The number of aromatic nitrogens is 1. The van der Waals surface area contributed by atoms with Gasteiger partial charge in [-0.25, -0.2) is 0 Å². The molecule has 1 amide bonds. The second-order valence-corrected chi connectivity index (χ2v) is 5.07. The number of aryl methyl sites for hydroxylation is 2. The quantitative estimate of drug-likeness (QED) is 0.773. The summed E-state index contributed by atoms with van der Waals surface area (Å²) in [4.78, 5) is 22.4. The number of benzene rings is 1. The molecule has 122 valence electrons. The topological polar surface area (TPSA) is 102 Å². The molecular formula is C16H18N2O5. The second-order valence-electron chi connectivity index (χ2n) is 5.07. The summed E-state index contributed by atoms with van der Waals surface area (Å²) in [6.07, 6.45) is 0.470. The van der Waals surface area contributed by atoms with Crippen LogP contribution < -0.4 is 5.32 Å². The van der Waals surface area contributed by atoms with Gasteiger partial charge in [0.05, 0.1) is 5.69 Å². The summed E-state index contributed by atoms with van der Waals surface area (Å²) in [7, 11) is 0. The van der Waals surface area contributed by atoms with Gasteiger partial charge in [0.15, 0.2) is 5.76 Å². The molecule has 0 fully saturated rings. The molecule has 1 heterocycles. The van der Waals surface area contributed by atoms with Crippen LogP contribution in [0.25, 0.3) is 0 Å². The Hall–Kier alpha value is -2.67. The van der Waals surface area contributed by atoms with Gasteiger partial charge in [0.25, 0.3) is 0 Å². The van der Waals surface area contributed by atoms with Crippen LogP contribution >= 0.6 is 0 Å². The van der Waals surface area contributed by atoms with Crippen LogP contribution in [0.15, 0.2) is 34.9 Å². The summed E-state index contributed by atoms with van der Waals surface area (Å²) in [5.74, 6) is -0.585. The Kier molecular flexibility index (Phi) is 5.87. The van der Waals surface area contributed by atoms with Crippen LogP contribution in [-0.2, 0) is 27.4 Å². The van der Waals surface area contributed by atoms with E-state index in [1.54, 1.807) is 31.2 Å². The van der Waals surface area contributed by atoms with Gasteiger partial charge in [-0.1, -0.05) is 17.3 Å². The van der Waals surface area contributed by atoms with E-state index < -0.39 is 5.97 Å². The molecule has 7 nitrogen and oxygen atoms in total. The summed E-state index contributed by atoms with van der Waals surface area (Å²) in [6.45, 7) is 1.86. The fraction of sp³-hybridized carbons (Fsp3) is 0.312. The number of aliphatic carboxylic acids is 1. The molecule has 0 aliphatic carbocycles. The number of ether oxygens (including phenoxy) is 1. The number of carbonyl (C=O) groups excluding carboxylic acids is 1. The van der Waals surface area contributed by atoms with Gasteiger partial charge in [-0.2, -0.15) is 0 Å². The Labute approximate surface area is 133 Å². The second kappa shape index (κ2) is 8.09. The minimum Gasteiger partial charge on any atom is -0.481 e. The van der Waals surface area contributed by atoms with Gasteiger partial charge >= 0.3 is 5.97 Å². The van der Waals surface area contributed by atoms with Crippen LogP contribution in [0.2, 0.25) is 0 Å². The van der Waals surface area contributed by atoms with E-state index in [1.807, 2.05) is 6.07 Å². The smallest absolute Gasteiger partial charge is 0.303 e. The van der Waals surface area contributed by atoms with Crippen molar-refractivity contribution in [3.05, 3.63) is 47.3 Å². The number of rotatable bonds is 8. The minimum absolute atomic E-state index is 0.0527. The molecule has 2 rings (SSSR count). The highest BCUT2D eigenvalue weighted by Gasteiger charge is 2.06. The number of carboxylic acid groups (broad SMARTS) is 1. The highest BCUT2D eigenvalue weighted by molar-refractivity contribution is 5.91. The predicted octanol–water partition coefficient (Wildman–Crippen LogP) is 2.16. The number of nitrogens with one attached hydrogen (secondary N) is 1. The van der Waals surface area contributed by atoms with Crippen molar-refractivity contribution in [2.24, 2.45) is 0 Å². The standard InChI is InChI=1S/C16H18N2O5/c1-11-7-14(23-18-11)9-22-10-15(19)17-13-4-2-3-12(8-13)5-6-16(20)21/h2-4,7-8H,5-6,9-10H2,1H3,(H,17,19)(H,20,21). The molecule has 1 aromatic heterocycles. The Balaban J connectivity index is 1.78. The third-order valence-electron chi connectivity index (χ3n) is 2.99. The monoisotopic (exact) mass is 318 g/mol. The Morgan fingerprint density at radius 1 is 1.35 bits per heavy atom. The van der Waals surface area contributed by atoms with Crippen LogP contribution in [0.4, 0.5) is 5.69 Å². The molecule has 0 aliphatic rings. The number of amides is 1. The lowest BCUT2D eigenvalue weighted by Gasteiger charge is -2.07. The van der Waals surface area contributed by atoms with E-state index >= 15 is 0 Å². The molecule has 2 N–H and O–H groups in total. The van der Waals surface area contributed by atoms with Crippen molar-refractivity contribution in [2.75, 3.05) is 11.9 Å². The minimum atomic E-state index is -0.851. The van der Waals surface area contributed by atoms with Crippen molar-refractivity contribution >= 4 is 17.6 Å². The van der Waals surface area contributed by atoms with Gasteiger partial charge in [-0.3, -0.25) is 9.59 Å². The van der Waals surface area contributed by atoms with Crippen molar-refractivity contribution in [2.45, 2.75) is 26.4 Å². The van der Waals surface area contributed by atoms with E-state index in [4.69, 9.17) is 14.4 Å². The van der Waals surface area contributed by atoms with E-state index in [0.717, 1.165) is 11.3 Å². The van der Waals surface area contributed by atoms with Crippen LogP contribution in [0, 0.1) is 6.92 Å². The third-order valence-corrected chi connectivity index (χ3v) is 2.99. The molecule has 0 atom stereocenters. The van der Waals surface area contributed by atoms with Crippen molar-refractivity contribution in [1.82, 2.24) is 5.16 Å². The largest absolute Gasteiger partial charge is 0.481 e. The Morgan fingerprint density at radius 2 is 2.17 bits per heavy atom. The maximum Gasteiger partial charge on any atom is 0.303 e. The maximum absolute atomic E-state index is 11.8. The van der Waals surface area contributed by atoms with Crippen LogP contribution in [0.3, 0.4) is 0 Å². The van der Waals surface area contributed by atoms with Gasteiger partial charge in [-0.15, -0.1) is 0 Å². The number of anilines is 1. The van der Waals surface area contributed by atoms with Crippen molar-refractivity contribution in [1.29, 1.82) is 0 Å². The van der Waals surface area contributed by atoms with E-state index in [9.17, 15) is 9.59 Å². The lowest BCUT2D eigenvalue weighted by molar-refractivity contribution is -0.137.